The van der Waals surface area contributed by atoms with Crippen LogP contribution in [0, 0.1) is 0 Å². The molecule has 0 spiro atoms. The lowest BCUT2D eigenvalue weighted by molar-refractivity contribution is -0.140. The highest BCUT2D eigenvalue weighted by molar-refractivity contribution is 6.46. The Kier molecular flexibility index (Phi) is 8.86. The maximum atomic E-state index is 13.5. The van der Waals surface area contributed by atoms with Crippen LogP contribution in [0.25, 0.3) is 5.76 Å². The fraction of sp³-hybridized carbons (Fsp3) is 0.323. The number of ether oxygens (including phenoxy) is 2. The van der Waals surface area contributed by atoms with Crippen LogP contribution in [0.15, 0.2) is 72.6 Å². The number of aliphatic hydroxyl groups excluding tert-OH is 1. The molecule has 0 radical (unpaired) electrons. The molecule has 1 saturated heterocycles. The average molecular weight is 530 g/mol. The van der Waals surface area contributed by atoms with Crippen molar-refractivity contribution < 1.29 is 24.2 Å². The number of hydrogen-bond donors (Lipinski definition) is 1. The average Bonchev–Trinajstić information content (AvgIpc) is 3.20. The molecule has 1 aliphatic heterocycles. The maximum Gasteiger partial charge on any atom is 0.295 e. The Morgan fingerprint density at radius 2 is 1.59 bits per heavy atom. The number of likely N-dealkylation sites (tertiary alicyclic amines) is 1. The number of rotatable bonds is 11. The summed E-state index contributed by atoms with van der Waals surface area (Å²) in [4.78, 5) is 34.7. The molecule has 0 aliphatic carbocycles. The number of pyridine rings is 1. The molecule has 1 amide bonds. The molecule has 0 bridgehead atoms. The molecule has 204 valence electrons. The van der Waals surface area contributed by atoms with E-state index in [1.54, 1.807) is 42.7 Å². The Bertz CT molecular complexity index is 1330. The van der Waals surface area contributed by atoms with Crippen LogP contribution in [0.3, 0.4) is 0 Å². The third-order valence-electron chi connectivity index (χ3n) is 6.80. The molecule has 0 saturated carbocycles. The van der Waals surface area contributed by atoms with Crippen LogP contribution in [0.1, 0.15) is 50.4 Å². The molecular weight excluding hydrogens is 494 g/mol. The van der Waals surface area contributed by atoms with Gasteiger partial charge in [0.1, 0.15) is 17.3 Å². The quantitative estimate of drug-likeness (QED) is 0.203. The Labute approximate surface area is 229 Å². The first-order valence-electron chi connectivity index (χ1n) is 13.4. The second-order valence-electron chi connectivity index (χ2n) is 9.07. The highest BCUT2D eigenvalue weighted by atomic mass is 16.5. The standard InChI is InChI=1S/C31H35N3O5/c1-5-33(6-2)23-11-9-22(10-12-23)28-27(30(36)31(37)34(28)20-21-15-17-32-18-16-21)29(35)25-14-13-24(38-7-3)19-26(25)39-8-4/h9-19,28,35H,5-8,20H2,1-4H3/b29-27-. The van der Waals surface area contributed by atoms with Gasteiger partial charge >= 0.3 is 0 Å². The van der Waals surface area contributed by atoms with Gasteiger partial charge in [-0.05, 0) is 75.2 Å². The van der Waals surface area contributed by atoms with Crippen LogP contribution in [-0.2, 0) is 16.1 Å². The van der Waals surface area contributed by atoms with Crippen LogP contribution >= 0.6 is 0 Å². The molecule has 1 N–H and O–H groups in total. The van der Waals surface area contributed by atoms with E-state index >= 15 is 0 Å². The predicted molar refractivity (Wildman–Crippen MR) is 151 cm³/mol. The van der Waals surface area contributed by atoms with E-state index in [0.717, 1.165) is 29.9 Å². The maximum absolute atomic E-state index is 13.5. The fourth-order valence-corrected chi connectivity index (χ4v) is 4.91. The molecule has 39 heavy (non-hydrogen) atoms. The predicted octanol–water partition coefficient (Wildman–Crippen LogP) is 5.35. The van der Waals surface area contributed by atoms with Crippen LogP contribution in [0.5, 0.6) is 11.5 Å². The minimum Gasteiger partial charge on any atom is -0.507 e. The van der Waals surface area contributed by atoms with Crippen molar-refractivity contribution in [3.63, 3.8) is 0 Å². The van der Waals surface area contributed by atoms with Crippen LogP contribution in [0.4, 0.5) is 5.69 Å². The van der Waals surface area contributed by atoms with Crippen molar-refractivity contribution in [1.29, 1.82) is 0 Å². The van der Waals surface area contributed by atoms with Crippen LogP contribution < -0.4 is 14.4 Å². The van der Waals surface area contributed by atoms with E-state index < -0.39 is 17.7 Å². The first kappa shape index (κ1) is 27.7. The number of carbonyl (C=O) groups is 2. The van der Waals surface area contributed by atoms with Gasteiger partial charge in [0, 0.05) is 43.8 Å². The van der Waals surface area contributed by atoms with E-state index in [2.05, 4.69) is 23.7 Å². The summed E-state index contributed by atoms with van der Waals surface area (Å²) >= 11 is 0. The molecular formula is C31H35N3O5. The molecule has 1 fully saturated rings. The second-order valence-corrected chi connectivity index (χ2v) is 9.07. The summed E-state index contributed by atoms with van der Waals surface area (Å²) in [5.41, 5.74) is 2.94. The third-order valence-corrected chi connectivity index (χ3v) is 6.80. The minimum atomic E-state index is -0.787. The number of carbonyl (C=O) groups excluding carboxylic acids is 2. The number of benzene rings is 2. The van der Waals surface area contributed by atoms with Gasteiger partial charge in [-0.2, -0.15) is 0 Å². The first-order valence-corrected chi connectivity index (χ1v) is 13.4. The van der Waals surface area contributed by atoms with Crippen molar-refractivity contribution in [3.05, 3.63) is 89.3 Å². The number of aromatic nitrogens is 1. The molecule has 3 aromatic rings. The lowest BCUT2D eigenvalue weighted by Crippen LogP contribution is -2.29. The van der Waals surface area contributed by atoms with Gasteiger partial charge in [-0.25, -0.2) is 0 Å². The summed E-state index contributed by atoms with van der Waals surface area (Å²) in [6.07, 6.45) is 3.29. The zero-order valence-corrected chi connectivity index (χ0v) is 22.9. The van der Waals surface area contributed by atoms with Crippen molar-refractivity contribution >= 4 is 23.1 Å². The summed E-state index contributed by atoms with van der Waals surface area (Å²) in [5.74, 6) is -0.739. The third kappa shape index (κ3) is 5.74. The van der Waals surface area contributed by atoms with Crippen LogP contribution in [-0.4, -0.2) is 53.0 Å². The smallest absolute Gasteiger partial charge is 0.295 e. The number of ketones is 1. The summed E-state index contributed by atoms with van der Waals surface area (Å²) in [7, 11) is 0. The molecule has 1 atom stereocenters. The van der Waals surface area contributed by atoms with Crippen molar-refractivity contribution in [2.24, 2.45) is 0 Å². The molecule has 1 aliphatic rings. The minimum absolute atomic E-state index is 0.0229. The number of anilines is 1. The van der Waals surface area contributed by atoms with E-state index in [-0.39, 0.29) is 17.9 Å². The Morgan fingerprint density at radius 3 is 2.21 bits per heavy atom. The molecule has 2 heterocycles. The van der Waals surface area contributed by atoms with Gasteiger partial charge in [-0.15, -0.1) is 0 Å². The molecule has 4 rings (SSSR count). The second kappa shape index (κ2) is 12.5. The van der Waals surface area contributed by atoms with E-state index in [1.807, 2.05) is 38.1 Å². The number of amides is 1. The van der Waals surface area contributed by atoms with E-state index in [1.165, 1.54) is 4.90 Å². The van der Waals surface area contributed by atoms with Gasteiger partial charge in [0.15, 0.2) is 0 Å². The van der Waals surface area contributed by atoms with E-state index in [9.17, 15) is 14.7 Å². The Hall–Kier alpha value is -4.33. The van der Waals surface area contributed by atoms with Crippen molar-refractivity contribution in [2.45, 2.75) is 40.3 Å². The summed E-state index contributed by atoms with van der Waals surface area (Å²) < 4.78 is 11.4. The number of nitrogens with zero attached hydrogens (tertiary/aromatic N) is 3. The summed E-state index contributed by atoms with van der Waals surface area (Å²) in [6.45, 7) is 10.6. The highest BCUT2D eigenvalue weighted by Crippen LogP contribution is 2.42. The summed E-state index contributed by atoms with van der Waals surface area (Å²) in [6, 6.07) is 15.7. The van der Waals surface area contributed by atoms with Gasteiger partial charge in [-0.3, -0.25) is 14.6 Å². The van der Waals surface area contributed by atoms with Gasteiger partial charge < -0.3 is 24.4 Å². The largest absolute Gasteiger partial charge is 0.507 e. The molecule has 2 aromatic carbocycles. The lowest BCUT2D eigenvalue weighted by atomic mass is 9.94. The van der Waals surface area contributed by atoms with Gasteiger partial charge in [0.25, 0.3) is 11.7 Å². The Morgan fingerprint density at radius 1 is 0.923 bits per heavy atom. The zero-order valence-electron chi connectivity index (χ0n) is 22.9. The monoisotopic (exact) mass is 529 g/mol. The summed E-state index contributed by atoms with van der Waals surface area (Å²) in [5, 5.41) is 11.6. The van der Waals surface area contributed by atoms with Gasteiger partial charge in [0.2, 0.25) is 0 Å². The molecule has 1 unspecified atom stereocenters. The van der Waals surface area contributed by atoms with Gasteiger partial charge in [0.05, 0.1) is 30.4 Å². The number of Topliss-reactive ketones (excluding diaryl/α,β-unsaturated/α-hetero) is 1. The van der Waals surface area contributed by atoms with Crippen molar-refractivity contribution in [1.82, 2.24) is 9.88 Å². The highest BCUT2D eigenvalue weighted by Gasteiger charge is 2.46. The number of aliphatic hydroxyl groups is 1. The topological polar surface area (TPSA) is 92.2 Å². The normalized spacial score (nSPS) is 16.4. The zero-order chi connectivity index (χ0) is 27.9. The fourth-order valence-electron chi connectivity index (χ4n) is 4.91. The molecule has 1 aromatic heterocycles. The van der Waals surface area contributed by atoms with E-state index in [0.29, 0.717) is 30.3 Å². The van der Waals surface area contributed by atoms with Crippen LogP contribution in [0.2, 0.25) is 0 Å². The van der Waals surface area contributed by atoms with Gasteiger partial charge in [-0.1, -0.05) is 12.1 Å². The van der Waals surface area contributed by atoms with Crippen molar-refractivity contribution in [3.8, 4) is 11.5 Å². The molecule has 8 heteroatoms. The first-order chi connectivity index (χ1) is 18.9. The molecule has 8 nitrogen and oxygen atoms in total. The lowest BCUT2D eigenvalue weighted by Gasteiger charge is -2.27. The van der Waals surface area contributed by atoms with E-state index in [4.69, 9.17) is 9.47 Å². The Balaban J connectivity index is 1.86. The number of hydrogen-bond acceptors (Lipinski definition) is 7. The SMILES string of the molecule is CCOc1ccc(/C(O)=C2/C(=O)C(=O)N(Cc3ccncc3)C2c2ccc(N(CC)CC)cc2)c(OCC)c1. The van der Waals surface area contributed by atoms with Crippen molar-refractivity contribution in [2.75, 3.05) is 31.2 Å².